The van der Waals surface area contributed by atoms with Crippen LogP contribution in [-0.2, 0) is 6.54 Å². The topological polar surface area (TPSA) is 65.6 Å². The molecule has 7 heteroatoms. The first-order valence-electron chi connectivity index (χ1n) is 9.92. The Morgan fingerprint density at radius 3 is 2.65 bits per heavy atom. The molecule has 158 valence electrons. The highest BCUT2D eigenvalue weighted by molar-refractivity contribution is 7.97. The van der Waals surface area contributed by atoms with Gasteiger partial charge in [0.2, 0.25) is 0 Å². The number of nitrogens with zero attached hydrogens (tertiary/aromatic N) is 1. The summed E-state index contributed by atoms with van der Waals surface area (Å²) in [5, 5.41) is 0. The highest BCUT2D eigenvalue weighted by atomic mass is 32.2. The van der Waals surface area contributed by atoms with Crippen molar-refractivity contribution in [1.29, 1.82) is 0 Å². The van der Waals surface area contributed by atoms with Crippen LogP contribution in [0.2, 0.25) is 0 Å². The van der Waals surface area contributed by atoms with Crippen LogP contribution >= 0.6 is 11.9 Å². The Morgan fingerprint density at radius 2 is 1.81 bits per heavy atom. The number of urea groups is 1. The molecule has 0 saturated carbocycles. The van der Waals surface area contributed by atoms with E-state index in [0.29, 0.717) is 24.5 Å². The Kier molecular flexibility index (Phi) is 6.45. The molecule has 0 radical (unpaired) electrons. The Labute approximate surface area is 186 Å². The second kappa shape index (κ2) is 9.59. The third-order valence-electron chi connectivity index (χ3n) is 4.74. The molecule has 1 aliphatic rings. The normalized spacial score (nSPS) is 12.1. The number of aryl methyl sites for hydroxylation is 1. The zero-order valence-electron chi connectivity index (χ0n) is 17.2. The maximum Gasteiger partial charge on any atom is 0.340 e. The van der Waals surface area contributed by atoms with Gasteiger partial charge in [-0.1, -0.05) is 49.0 Å². The van der Waals surface area contributed by atoms with Gasteiger partial charge in [-0.2, -0.15) is 0 Å². The number of benzene rings is 3. The van der Waals surface area contributed by atoms with E-state index in [9.17, 15) is 4.79 Å². The first kappa shape index (κ1) is 20.8. The minimum Gasteiger partial charge on any atom is -0.455 e. The summed E-state index contributed by atoms with van der Waals surface area (Å²) in [5.74, 6) is 1.40. The number of hydrogen-bond donors (Lipinski definition) is 3. The van der Waals surface area contributed by atoms with Crippen molar-refractivity contribution in [3.63, 3.8) is 0 Å². The molecule has 0 aromatic heterocycles. The number of ether oxygens (including phenoxy) is 1. The van der Waals surface area contributed by atoms with E-state index in [4.69, 9.17) is 4.74 Å². The number of hydrazine groups is 1. The number of anilines is 1. The second-order valence-corrected chi connectivity index (χ2v) is 8.13. The number of carbonyl (C=O) groups is 1. The molecule has 0 saturated heterocycles. The zero-order chi connectivity index (χ0) is 21.6. The number of para-hydroxylation sites is 1. The lowest BCUT2D eigenvalue weighted by molar-refractivity contribution is 0.243. The predicted octanol–water partition coefficient (Wildman–Crippen LogP) is 5.13. The number of amides is 2. The van der Waals surface area contributed by atoms with E-state index >= 15 is 0 Å². The van der Waals surface area contributed by atoms with Crippen LogP contribution in [0.15, 0.2) is 90.0 Å². The molecule has 0 unspecified atom stereocenters. The van der Waals surface area contributed by atoms with Crippen molar-refractivity contribution >= 4 is 23.7 Å². The number of hydrogen-bond acceptors (Lipinski definition) is 5. The first-order chi connectivity index (χ1) is 15.1. The van der Waals surface area contributed by atoms with Gasteiger partial charge in [-0.3, -0.25) is 15.0 Å². The lowest BCUT2D eigenvalue weighted by atomic mass is 10.1. The number of carbonyl (C=O) groups excluding carboxylic acids is 1. The molecule has 1 aliphatic heterocycles. The Balaban J connectivity index is 1.40. The van der Waals surface area contributed by atoms with E-state index in [-0.39, 0.29) is 6.03 Å². The van der Waals surface area contributed by atoms with Crippen molar-refractivity contribution in [2.45, 2.75) is 18.4 Å². The summed E-state index contributed by atoms with van der Waals surface area (Å²) < 4.78 is 9.31. The number of fused-ring (bicyclic) bond motifs is 2. The quantitative estimate of drug-likeness (QED) is 0.372. The summed E-state index contributed by atoms with van der Waals surface area (Å²) in [6.07, 6.45) is 0. The van der Waals surface area contributed by atoms with E-state index in [1.165, 1.54) is 11.9 Å². The van der Waals surface area contributed by atoms with Gasteiger partial charge in [-0.05, 0) is 54.8 Å². The Bertz CT molecular complexity index is 1090. The summed E-state index contributed by atoms with van der Waals surface area (Å²) in [5.41, 5.74) is 9.01. The number of nitrogens with one attached hydrogen (secondary N) is 3. The van der Waals surface area contributed by atoms with Crippen LogP contribution in [0, 0.1) is 6.92 Å². The van der Waals surface area contributed by atoms with Crippen LogP contribution in [-0.4, -0.2) is 12.6 Å². The maximum absolute atomic E-state index is 13.1. The molecule has 0 bridgehead atoms. The molecule has 6 nitrogen and oxygen atoms in total. The SMILES string of the molecule is C=C(CNSc1ccccc1)NNC(=O)N1Cc2ccccc2Oc2ccc(C)cc21. The highest BCUT2D eigenvalue weighted by Gasteiger charge is 2.25. The third-order valence-corrected chi connectivity index (χ3v) is 5.53. The zero-order valence-corrected chi connectivity index (χ0v) is 18.0. The highest BCUT2D eigenvalue weighted by Crippen LogP contribution is 2.39. The van der Waals surface area contributed by atoms with E-state index in [0.717, 1.165) is 27.5 Å². The average molecular weight is 433 g/mol. The van der Waals surface area contributed by atoms with Crippen molar-refractivity contribution < 1.29 is 9.53 Å². The van der Waals surface area contributed by atoms with Gasteiger partial charge in [0.15, 0.2) is 5.75 Å². The second-order valence-electron chi connectivity index (χ2n) is 7.16. The lowest BCUT2D eigenvalue weighted by Crippen LogP contribution is -2.46. The molecule has 1 heterocycles. The molecule has 2 amide bonds. The standard InChI is InChI=1S/C24H24N4O2S/c1-17-12-13-23-21(14-17)28(16-19-8-6-7-11-22(19)30-23)24(29)27-26-18(2)15-25-31-20-9-4-3-5-10-20/h3-14,25-26H,2,15-16H2,1H3,(H,27,29). The molecule has 3 aromatic carbocycles. The van der Waals surface area contributed by atoms with Crippen LogP contribution in [0.25, 0.3) is 0 Å². The van der Waals surface area contributed by atoms with Crippen LogP contribution < -0.4 is 25.2 Å². The molecular weight excluding hydrogens is 408 g/mol. The van der Waals surface area contributed by atoms with Crippen molar-refractivity contribution in [2.24, 2.45) is 0 Å². The molecule has 0 atom stereocenters. The third kappa shape index (κ3) is 5.20. The van der Waals surface area contributed by atoms with Crippen molar-refractivity contribution in [3.8, 4) is 11.5 Å². The molecule has 3 N–H and O–H groups in total. The Hall–Kier alpha value is -3.42. The summed E-state index contributed by atoms with van der Waals surface area (Å²) in [4.78, 5) is 15.8. The molecule has 3 aromatic rings. The fraction of sp³-hybridized carbons (Fsp3) is 0.125. The van der Waals surface area contributed by atoms with E-state index < -0.39 is 0 Å². The van der Waals surface area contributed by atoms with Gasteiger partial charge in [0.1, 0.15) is 5.75 Å². The van der Waals surface area contributed by atoms with Gasteiger partial charge in [0.05, 0.1) is 12.2 Å². The molecule has 0 spiro atoms. The summed E-state index contributed by atoms with van der Waals surface area (Å²) in [7, 11) is 0. The minimum atomic E-state index is -0.288. The largest absolute Gasteiger partial charge is 0.455 e. The summed E-state index contributed by atoms with van der Waals surface area (Å²) in [6.45, 7) is 6.85. The van der Waals surface area contributed by atoms with Crippen molar-refractivity contribution in [2.75, 3.05) is 11.4 Å². The minimum absolute atomic E-state index is 0.288. The maximum atomic E-state index is 13.1. The fourth-order valence-corrected chi connectivity index (χ4v) is 3.87. The predicted molar refractivity (Wildman–Crippen MR) is 125 cm³/mol. The van der Waals surface area contributed by atoms with Crippen molar-refractivity contribution in [1.82, 2.24) is 15.6 Å². The molecule has 0 fully saturated rings. The fourth-order valence-electron chi connectivity index (χ4n) is 3.16. The summed E-state index contributed by atoms with van der Waals surface area (Å²) >= 11 is 1.51. The van der Waals surface area contributed by atoms with E-state index in [1.54, 1.807) is 4.90 Å². The van der Waals surface area contributed by atoms with Crippen LogP contribution in [0.4, 0.5) is 10.5 Å². The van der Waals surface area contributed by atoms with Crippen LogP contribution in [0.3, 0.4) is 0 Å². The van der Waals surface area contributed by atoms with Gasteiger partial charge in [-0.25, -0.2) is 4.79 Å². The van der Waals surface area contributed by atoms with Gasteiger partial charge in [0.25, 0.3) is 0 Å². The van der Waals surface area contributed by atoms with Crippen LogP contribution in [0.5, 0.6) is 11.5 Å². The van der Waals surface area contributed by atoms with Crippen molar-refractivity contribution in [3.05, 3.63) is 96.2 Å². The average Bonchev–Trinajstić information content (AvgIpc) is 2.95. The molecule has 4 rings (SSSR count). The van der Waals surface area contributed by atoms with Gasteiger partial charge in [0, 0.05) is 22.7 Å². The summed E-state index contributed by atoms with van der Waals surface area (Å²) in [6, 6.07) is 23.3. The van der Waals surface area contributed by atoms with E-state index in [1.807, 2.05) is 79.7 Å². The number of rotatable bonds is 6. The monoisotopic (exact) mass is 432 g/mol. The van der Waals surface area contributed by atoms with Gasteiger partial charge in [-0.15, -0.1) is 0 Å². The van der Waals surface area contributed by atoms with Crippen LogP contribution in [0.1, 0.15) is 11.1 Å². The smallest absolute Gasteiger partial charge is 0.340 e. The first-order valence-corrected chi connectivity index (χ1v) is 10.7. The molecular formula is C24H24N4O2S. The van der Waals surface area contributed by atoms with Gasteiger partial charge < -0.3 is 10.2 Å². The molecule has 0 aliphatic carbocycles. The molecule has 31 heavy (non-hydrogen) atoms. The Morgan fingerprint density at radius 1 is 1.03 bits per heavy atom. The lowest BCUT2D eigenvalue weighted by Gasteiger charge is -2.23. The van der Waals surface area contributed by atoms with Gasteiger partial charge >= 0.3 is 6.03 Å². The van der Waals surface area contributed by atoms with E-state index in [2.05, 4.69) is 22.2 Å².